The second kappa shape index (κ2) is 4.69. The van der Waals surface area contributed by atoms with Gasteiger partial charge in [-0.15, -0.1) is 0 Å². The van der Waals surface area contributed by atoms with Gasteiger partial charge in [-0.05, 0) is 61.7 Å². The number of hydrogen-bond donors (Lipinski definition) is 1. The number of nitrogens with two attached hydrogens (primary N) is 1. The van der Waals surface area contributed by atoms with Crippen LogP contribution >= 0.6 is 0 Å². The summed E-state index contributed by atoms with van der Waals surface area (Å²) >= 11 is 0. The molecule has 4 aliphatic rings. The van der Waals surface area contributed by atoms with Gasteiger partial charge in [-0.2, -0.15) is 0 Å². The van der Waals surface area contributed by atoms with Gasteiger partial charge in [0, 0.05) is 12.1 Å². The second-order valence-corrected chi connectivity index (χ2v) is 6.40. The van der Waals surface area contributed by atoms with Crippen LogP contribution in [0.1, 0.15) is 32.1 Å². The molecule has 0 unspecified atom stereocenters. The Kier molecular flexibility index (Phi) is 3.18. The van der Waals surface area contributed by atoms with Crippen LogP contribution in [0.25, 0.3) is 0 Å². The fourth-order valence-electron chi connectivity index (χ4n) is 4.82. The smallest absolute Gasteiger partial charge is 0.334 e. The number of ether oxygens (including phenoxy) is 1. The number of esters is 1. The first kappa shape index (κ1) is 12.2. The van der Waals surface area contributed by atoms with Crippen molar-refractivity contribution in [2.45, 2.75) is 32.1 Å². The summed E-state index contributed by atoms with van der Waals surface area (Å²) < 4.78 is 4.81. The molecular weight excluding hydrogens is 226 g/mol. The number of carbonyl (C=O) groups is 1. The highest BCUT2D eigenvalue weighted by Crippen LogP contribution is 2.57. The molecule has 0 amide bonds. The molecule has 2 N–H and O–H groups in total. The maximum Gasteiger partial charge on any atom is 0.334 e. The number of hydrogen-bond acceptors (Lipinski definition) is 3. The molecule has 4 fully saturated rings. The molecule has 4 rings (SSSR count). The van der Waals surface area contributed by atoms with E-state index in [0.29, 0.717) is 18.0 Å². The first-order valence-electron chi connectivity index (χ1n) is 7.20. The Balaban J connectivity index is 1.80. The van der Waals surface area contributed by atoms with E-state index in [1.54, 1.807) is 0 Å². The molecule has 0 saturated heterocycles. The van der Waals surface area contributed by atoms with E-state index in [-0.39, 0.29) is 5.97 Å². The average molecular weight is 249 g/mol. The minimum Gasteiger partial charge on any atom is -0.466 e. The summed E-state index contributed by atoms with van der Waals surface area (Å²) in [7, 11) is 1.43. The molecule has 3 heteroatoms. The van der Waals surface area contributed by atoms with Crippen molar-refractivity contribution >= 4 is 5.97 Å². The van der Waals surface area contributed by atoms with E-state index in [4.69, 9.17) is 10.5 Å². The molecule has 4 aliphatic carbocycles. The van der Waals surface area contributed by atoms with Gasteiger partial charge in [-0.3, -0.25) is 0 Å². The molecule has 0 heterocycles. The number of rotatable bonds is 3. The topological polar surface area (TPSA) is 52.3 Å². The minimum absolute atomic E-state index is 0.244. The lowest BCUT2D eigenvalue weighted by molar-refractivity contribution is -0.136. The van der Waals surface area contributed by atoms with Crippen molar-refractivity contribution in [1.82, 2.24) is 0 Å². The quantitative estimate of drug-likeness (QED) is 0.615. The summed E-state index contributed by atoms with van der Waals surface area (Å²) in [6.45, 7) is 0.301. The Morgan fingerprint density at radius 1 is 1.17 bits per heavy atom. The highest BCUT2D eigenvalue weighted by Gasteiger charge is 2.47. The van der Waals surface area contributed by atoms with Crippen LogP contribution in [0.4, 0.5) is 0 Å². The Labute approximate surface area is 109 Å². The molecular formula is C15H23NO2. The first-order valence-corrected chi connectivity index (χ1v) is 7.20. The van der Waals surface area contributed by atoms with Gasteiger partial charge in [-0.25, -0.2) is 4.79 Å². The standard InChI is InChI=1S/C15H23NO2/c1-18-15(17)13(8-16)7-14-11-3-9-2-10(5-11)6-12(14)4-9/h7,9-12,14H,2-6,8,16H2,1H3/b13-7+. The predicted molar refractivity (Wildman–Crippen MR) is 69.7 cm³/mol. The van der Waals surface area contributed by atoms with E-state index in [1.807, 2.05) is 0 Å². The lowest BCUT2D eigenvalue weighted by Crippen LogP contribution is -2.44. The Bertz CT molecular complexity index is 347. The zero-order chi connectivity index (χ0) is 12.7. The van der Waals surface area contributed by atoms with Gasteiger partial charge >= 0.3 is 5.97 Å². The molecule has 18 heavy (non-hydrogen) atoms. The molecule has 4 bridgehead atoms. The van der Waals surface area contributed by atoms with Crippen molar-refractivity contribution in [1.29, 1.82) is 0 Å². The number of allylic oxidation sites excluding steroid dienone is 1. The average Bonchev–Trinajstić information content (AvgIpc) is 2.36. The lowest BCUT2D eigenvalue weighted by Gasteiger charge is -2.53. The molecule has 0 aromatic carbocycles. The largest absolute Gasteiger partial charge is 0.466 e. The van der Waals surface area contributed by atoms with Crippen LogP contribution in [-0.2, 0) is 9.53 Å². The van der Waals surface area contributed by atoms with Crippen molar-refractivity contribution in [3.63, 3.8) is 0 Å². The summed E-state index contributed by atoms with van der Waals surface area (Å²) in [6.07, 6.45) is 9.09. The third-order valence-electron chi connectivity index (χ3n) is 5.36. The first-order chi connectivity index (χ1) is 8.71. The van der Waals surface area contributed by atoms with Gasteiger partial charge in [0.05, 0.1) is 7.11 Å². The van der Waals surface area contributed by atoms with Crippen LogP contribution in [0.5, 0.6) is 0 Å². The summed E-state index contributed by atoms with van der Waals surface area (Å²) in [6, 6.07) is 0. The highest BCUT2D eigenvalue weighted by atomic mass is 16.5. The van der Waals surface area contributed by atoms with E-state index in [9.17, 15) is 4.79 Å². The van der Waals surface area contributed by atoms with Crippen molar-refractivity contribution < 1.29 is 9.53 Å². The van der Waals surface area contributed by atoms with Crippen LogP contribution in [0.15, 0.2) is 11.6 Å². The fourth-order valence-corrected chi connectivity index (χ4v) is 4.82. The van der Waals surface area contributed by atoms with E-state index in [2.05, 4.69) is 6.08 Å². The third-order valence-corrected chi connectivity index (χ3v) is 5.36. The van der Waals surface area contributed by atoms with Crippen molar-refractivity contribution in [3.8, 4) is 0 Å². The molecule has 0 radical (unpaired) electrons. The van der Waals surface area contributed by atoms with Gasteiger partial charge in [-0.1, -0.05) is 6.08 Å². The molecule has 100 valence electrons. The molecule has 0 aromatic rings. The fraction of sp³-hybridized carbons (Fsp3) is 0.800. The van der Waals surface area contributed by atoms with Crippen molar-refractivity contribution in [3.05, 3.63) is 11.6 Å². The molecule has 0 aromatic heterocycles. The molecule has 0 spiro atoms. The summed E-state index contributed by atoms with van der Waals surface area (Å²) in [5.74, 6) is 3.87. The number of carbonyl (C=O) groups excluding carboxylic acids is 1. The van der Waals surface area contributed by atoms with Gasteiger partial charge in [0.25, 0.3) is 0 Å². The van der Waals surface area contributed by atoms with Gasteiger partial charge in [0.15, 0.2) is 0 Å². The zero-order valence-corrected chi connectivity index (χ0v) is 11.1. The molecule has 4 saturated carbocycles. The van der Waals surface area contributed by atoms with Crippen LogP contribution in [0.2, 0.25) is 0 Å². The number of methoxy groups -OCH3 is 1. The zero-order valence-electron chi connectivity index (χ0n) is 11.1. The summed E-state index contributed by atoms with van der Waals surface area (Å²) in [4.78, 5) is 11.6. The lowest BCUT2D eigenvalue weighted by atomic mass is 9.52. The van der Waals surface area contributed by atoms with Crippen LogP contribution in [0, 0.1) is 29.6 Å². The van der Waals surface area contributed by atoms with Gasteiger partial charge in [0.1, 0.15) is 0 Å². The van der Waals surface area contributed by atoms with Crippen molar-refractivity contribution in [2.24, 2.45) is 35.3 Å². The van der Waals surface area contributed by atoms with Crippen molar-refractivity contribution in [2.75, 3.05) is 13.7 Å². The Morgan fingerprint density at radius 2 is 1.72 bits per heavy atom. The minimum atomic E-state index is -0.244. The monoisotopic (exact) mass is 249 g/mol. The maximum absolute atomic E-state index is 11.6. The van der Waals surface area contributed by atoms with Crippen LogP contribution < -0.4 is 5.73 Å². The highest BCUT2D eigenvalue weighted by molar-refractivity contribution is 5.88. The van der Waals surface area contributed by atoms with E-state index in [1.165, 1.54) is 39.2 Å². The van der Waals surface area contributed by atoms with E-state index >= 15 is 0 Å². The second-order valence-electron chi connectivity index (χ2n) is 6.40. The third kappa shape index (κ3) is 1.99. The predicted octanol–water partition coefficient (Wildman–Crippen LogP) is 2.12. The Morgan fingerprint density at radius 3 is 2.17 bits per heavy atom. The molecule has 0 atom stereocenters. The molecule has 0 aliphatic heterocycles. The van der Waals surface area contributed by atoms with Gasteiger partial charge in [0.2, 0.25) is 0 Å². The summed E-state index contributed by atoms with van der Waals surface area (Å²) in [5.41, 5.74) is 6.36. The van der Waals surface area contributed by atoms with E-state index < -0.39 is 0 Å². The molecule has 3 nitrogen and oxygen atoms in total. The Hall–Kier alpha value is -0.830. The maximum atomic E-state index is 11.6. The van der Waals surface area contributed by atoms with E-state index in [0.717, 1.165) is 23.7 Å². The SMILES string of the molecule is COC(=O)/C(=C/C1C2CC3CC(C2)CC1C3)CN. The normalized spacial score (nSPS) is 42.1. The van der Waals surface area contributed by atoms with Crippen LogP contribution in [-0.4, -0.2) is 19.6 Å². The van der Waals surface area contributed by atoms with Gasteiger partial charge < -0.3 is 10.5 Å². The van der Waals surface area contributed by atoms with Crippen LogP contribution in [0.3, 0.4) is 0 Å². The summed E-state index contributed by atoms with van der Waals surface area (Å²) in [5, 5.41) is 0.